The topological polar surface area (TPSA) is 58.6 Å². The van der Waals surface area contributed by atoms with Crippen LogP contribution in [0, 0.1) is 13.8 Å². The maximum Gasteiger partial charge on any atom is 0.261 e. The second kappa shape index (κ2) is 12.9. The van der Waals surface area contributed by atoms with Crippen LogP contribution in [0.15, 0.2) is 75.7 Å². The summed E-state index contributed by atoms with van der Waals surface area (Å²) < 4.78 is 7.88. The Morgan fingerprint density at radius 1 is 0.943 bits per heavy atom. The average molecular weight is 602 g/mol. The number of rotatable bonds is 10. The summed E-state index contributed by atoms with van der Waals surface area (Å²) in [7, 11) is 0. The molecule has 0 radical (unpaired) electrons. The number of amides is 2. The standard InChI is InChI=1S/C28H30Br2N2O3/c1-4-31-28(34)25(16-21-8-6-5-7-9-21)32(17-22-10-12-23(29)13-11-22)26(33)18-35-24-14-19(2)27(30)20(3)15-24/h5-15,25H,4,16-18H2,1-3H3,(H,31,34). The molecule has 3 aromatic rings. The maximum atomic E-state index is 13.6. The van der Waals surface area contributed by atoms with Gasteiger partial charge in [-0.15, -0.1) is 0 Å². The van der Waals surface area contributed by atoms with Gasteiger partial charge in [0, 0.05) is 28.5 Å². The van der Waals surface area contributed by atoms with E-state index in [4.69, 9.17) is 4.74 Å². The first-order valence-corrected chi connectivity index (χ1v) is 13.1. The monoisotopic (exact) mass is 600 g/mol. The number of benzene rings is 3. The highest BCUT2D eigenvalue weighted by atomic mass is 79.9. The molecule has 0 heterocycles. The van der Waals surface area contributed by atoms with Crippen LogP contribution in [0.1, 0.15) is 29.2 Å². The molecule has 7 heteroatoms. The van der Waals surface area contributed by atoms with Crippen molar-refractivity contribution in [3.05, 3.63) is 97.9 Å². The Labute approximate surface area is 224 Å². The molecular weight excluding hydrogens is 572 g/mol. The summed E-state index contributed by atoms with van der Waals surface area (Å²) in [6.45, 7) is 6.45. The fourth-order valence-electron chi connectivity index (χ4n) is 3.85. The van der Waals surface area contributed by atoms with Crippen LogP contribution in [-0.2, 0) is 22.6 Å². The van der Waals surface area contributed by atoms with Crippen LogP contribution in [0.4, 0.5) is 0 Å². The SMILES string of the molecule is CCNC(=O)C(Cc1ccccc1)N(Cc1ccc(Br)cc1)C(=O)COc1cc(C)c(Br)c(C)c1. The fourth-order valence-corrected chi connectivity index (χ4v) is 4.34. The van der Waals surface area contributed by atoms with Crippen molar-refractivity contribution >= 4 is 43.7 Å². The zero-order valence-electron chi connectivity index (χ0n) is 20.2. The molecule has 0 saturated carbocycles. The molecule has 3 aromatic carbocycles. The molecule has 0 aliphatic rings. The first-order valence-electron chi connectivity index (χ1n) is 11.5. The van der Waals surface area contributed by atoms with Crippen molar-refractivity contribution in [2.75, 3.05) is 13.2 Å². The van der Waals surface area contributed by atoms with E-state index in [2.05, 4.69) is 37.2 Å². The molecule has 1 atom stereocenters. The fraction of sp³-hybridized carbons (Fsp3) is 0.286. The van der Waals surface area contributed by atoms with Gasteiger partial charge in [-0.25, -0.2) is 0 Å². The third-order valence-corrected chi connectivity index (χ3v) is 7.44. The molecule has 0 fully saturated rings. The van der Waals surface area contributed by atoms with Gasteiger partial charge in [0.15, 0.2) is 6.61 Å². The summed E-state index contributed by atoms with van der Waals surface area (Å²) in [4.78, 5) is 28.4. The molecule has 35 heavy (non-hydrogen) atoms. The Morgan fingerprint density at radius 2 is 1.57 bits per heavy atom. The predicted molar refractivity (Wildman–Crippen MR) is 146 cm³/mol. The second-order valence-electron chi connectivity index (χ2n) is 8.41. The van der Waals surface area contributed by atoms with Crippen LogP contribution < -0.4 is 10.1 Å². The smallest absolute Gasteiger partial charge is 0.261 e. The highest BCUT2D eigenvalue weighted by Gasteiger charge is 2.30. The third-order valence-electron chi connectivity index (χ3n) is 5.66. The molecule has 1 N–H and O–H groups in total. The molecule has 0 aromatic heterocycles. The predicted octanol–water partition coefficient (Wildman–Crippen LogP) is 5.98. The lowest BCUT2D eigenvalue weighted by Crippen LogP contribution is -2.51. The van der Waals surface area contributed by atoms with Crippen LogP contribution in [0.3, 0.4) is 0 Å². The van der Waals surface area contributed by atoms with Crippen molar-refractivity contribution < 1.29 is 14.3 Å². The molecule has 0 aliphatic carbocycles. The van der Waals surface area contributed by atoms with Gasteiger partial charge >= 0.3 is 0 Å². The number of likely N-dealkylation sites (N-methyl/N-ethyl adjacent to an activating group) is 1. The summed E-state index contributed by atoms with van der Waals surface area (Å²) in [6.07, 6.45) is 0.408. The molecule has 0 saturated heterocycles. The van der Waals surface area contributed by atoms with Gasteiger partial charge in [-0.1, -0.05) is 74.3 Å². The normalized spacial score (nSPS) is 11.6. The average Bonchev–Trinajstić information content (AvgIpc) is 2.85. The van der Waals surface area contributed by atoms with E-state index in [0.29, 0.717) is 25.3 Å². The highest BCUT2D eigenvalue weighted by Crippen LogP contribution is 2.26. The highest BCUT2D eigenvalue weighted by molar-refractivity contribution is 9.10. The molecule has 3 rings (SSSR count). The lowest BCUT2D eigenvalue weighted by atomic mass is 10.0. The summed E-state index contributed by atoms with van der Waals surface area (Å²) >= 11 is 7.02. The van der Waals surface area contributed by atoms with E-state index in [1.54, 1.807) is 4.90 Å². The molecule has 0 aliphatic heterocycles. The first kappa shape index (κ1) is 27.0. The van der Waals surface area contributed by atoms with Gasteiger partial charge in [0.25, 0.3) is 5.91 Å². The van der Waals surface area contributed by atoms with Crippen molar-refractivity contribution in [2.45, 2.75) is 39.8 Å². The number of carbonyl (C=O) groups excluding carboxylic acids is 2. The Hall–Kier alpha value is -2.64. The van der Waals surface area contributed by atoms with E-state index in [1.807, 2.05) is 87.5 Å². The number of hydrogen-bond acceptors (Lipinski definition) is 3. The lowest BCUT2D eigenvalue weighted by Gasteiger charge is -2.31. The van der Waals surface area contributed by atoms with E-state index >= 15 is 0 Å². The molecule has 0 bridgehead atoms. The van der Waals surface area contributed by atoms with Gasteiger partial charge in [0.1, 0.15) is 11.8 Å². The molecule has 1 unspecified atom stereocenters. The molecule has 184 valence electrons. The van der Waals surface area contributed by atoms with E-state index in [1.165, 1.54) is 0 Å². The van der Waals surface area contributed by atoms with E-state index in [-0.39, 0.29) is 18.4 Å². The van der Waals surface area contributed by atoms with Crippen molar-refractivity contribution in [1.29, 1.82) is 0 Å². The van der Waals surface area contributed by atoms with Gasteiger partial charge < -0.3 is 15.0 Å². The van der Waals surface area contributed by atoms with Crippen molar-refractivity contribution in [3.63, 3.8) is 0 Å². The van der Waals surface area contributed by atoms with Crippen LogP contribution in [0.25, 0.3) is 0 Å². The summed E-state index contributed by atoms with van der Waals surface area (Å²) in [5.41, 5.74) is 3.98. The number of halogens is 2. The first-order chi connectivity index (χ1) is 16.8. The Kier molecular flexibility index (Phi) is 9.93. The largest absolute Gasteiger partial charge is 0.484 e. The summed E-state index contributed by atoms with van der Waals surface area (Å²) in [5.74, 6) is 0.188. The Morgan fingerprint density at radius 3 is 2.17 bits per heavy atom. The number of aryl methyl sites for hydroxylation is 2. The zero-order valence-corrected chi connectivity index (χ0v) is 23.4. The van der Waals surface area contributed by atoms with E-state index in [9.17, 15) is 9.59 Å². The van der Waals surface area contributed by atoms with Crippen LogP contribution in [-0.4, -0.2) is 35.9 Å². The molecule has 0 spiro atoms. The molecule has 2 amide bonds. The number of carbonyl (C=O) groups is 2. The van der Waals surface area contributed by atoms with Crippen molar-refractivity contribution in [3.8, 4) is 5.75 Å². The summed E-state index contributed by atoms with van der Waals surface area (Å²) in [6, 6.07) is 20.6. The lowest BCUT2D eigenvalue weighted by molar-refractivity contribution is -0.142. The molecule has 5 nitrogen and oxygen atoms in total. The maximum absolute atomic E-state index is 13.6. The van der Waals surface area contributed by atoms with Crippen LogP contribution in [0.2, 0.25) is 0 Å². The van der Waals surface area contributed by atoms with Gasteiger partial charge in [-0.3, -0.25) is 9.59 Å². The quantitative estimate of drug-likeness (QED) is 0.311. The zero-order chi connectivity index (χ0) is 25.4. The van der Waals surface area contributed by atoms with Gasteiger partial charge in [-0.2, -0.15) is 0 Å². The van der Waals surface area contributed by atoms with Gasteiger partial charge in [0.2, 0.25) is 5.91 Å². The Balaban J connectivity index is 1.89. The summed E-state index contributed by atoms with van der Waals surface area (Å²) in [5, 5.41) is 2.90. The van der Waals surface area contributed by atoms with Crippen LogP contribution >= 0.6 is 31.9 Å². The number of hydrogen-bond donors (Lipinski definition) is 1. The number of ether oxygens (including phenoxy) is 1. The molecular formula is C28H30Br2N2O3. The van der Waals surface area contributed by atoms with Gasteiger partial charge in [0.05, 0.1) is 0 Å². The number of nitrogens with zero attached hydrogens (tertiary/aromatic N) is 1. The minimum atomic E-state index is -0.675. The van der Waals surface area contributed by atoms with Crippen LogP contribution in [0.5, 0.6) is 5.75 Å². The Bertz CT molecular complexity index is 1130. The van der Waals surface area contributed by atoms with Crippen molar-refractivity contribution in [1.82, 2.24) is 10.2 Å². The van der Waals surface area contributed by atoms with Crippen molar-refractivity contribution in [2.24, 2.45) is 0 Å². The second-order valence-corrected chi connectivity index (χ2v) is 10.1. The van der Waals surface area contributed by atoms with E-state index in [0.717, 1.165) is 31.2 Å². The van der Waals surface area contributed by atoms with Gasteiger partial charge in [-0.05, 0) is 67.3 Å². The minimum absolute atomic E-state index is 0.165. The third kappa shape index (κ3) is 7.67. The number of nitrogens with one attached hydrogen (secondary N) is 1. The van der Waals surface area contributed by atoms with E-state index < -0.39 is 6.04 Å². The minimum Gasteiger partial charge on any atom is -0.484 e.